The van der Waals surface area contributed by atoms with Gasteiger partial charge in [0.1, 0.15) is 16.7 Å². The van der Waals surface area contributed by atoms with Crippen LogP contribution in [-0.2, 0) is 16.6 Å². The molecule has 0 amide bonds. The molecular formula is C20H25N3O3S. The van der Waals surface area contributed by atoms with Crippen molar-refractivity contribution in [3.63, 3.8) is 0 Å². The van der Waals surface area contributed by atoms with E-state index in [-0.39, 0.29) is 17.0 Å². The van der Waals surface area contributed by atoms with E-state index in [2.05, 4.69) is 16.8 Å². The van der Waals surface area contributed by atoms with Crippen LogP contribution in [0.4, 0.5) is 0 Å². The minimum atomic E-state index is -3.67. The second kappa shape index (κ2) is 7.58. The van der Waals surface area contributed by atoms with Gasteiger partial charge in [0.05, 0.1) is 6.04 Å². The van der Waals surface area contributed by atoms with Crippen LogP contribution < -0.4 is 4.74 Å². The minimum Gasteiger partial charge on any atom is -0.487 e. The Morgan fingerprint density at radius 1 is 1.15 bits per heavy atom. The van der Waals surface area contributed by atoms with Crippen molar-refractivity contribution in [3.8, 4) is 5.75 Å². The van der Waals surface area contributed by atoms with Gasteiger partial charge in [0, 0.05) is 25.5 Å². The predicted octanol–water partition coefficient (Wildman–Crippen LogP) is 2.52. The monoisotopic (exact) mass is 387 g/mol. The molecule has 1 saturated heterocycles. The van der Waals surface area contributed by atoms with Crippen molar-refractivity contribution >= 4 is 10.0 Å². The van der Waals surface area contributed by atoms with Crippen LogP contribution in [-0.4, -0.2) is 54.4 Å². The highest BCUT2D eigenvalue weighted by atomic mass is 32.2. The van der Waals surface area contributed by atoms with Crippen molar-refractivity contribution in [3.05, 3.63) is 54.4 Å². The fraction of sp³-hybridized carbons (Fsp3) is 0.450. The molecule has 6 nitrogen and oxygen atoms in total. The standard InChI is InChI=1S/C20H25N3O3S/c1-2-22-12-9-17-18(10-13-22)26-19-7-3-4-8-20(19)27(24,25)23(17)15-16-6-5-11-21-14-16/h3-8,11,14,17-18H,2,9-10,12-13,15H2,1H3/t17-,18-/m1/s1. The first kappa shape index (κ1) is 18.4. The molecule has 7 heteroatoms. The molecule has 4 rings (SSSR count). The van der Waals surface area contributed by atoms with Gasteiger partial charge in [-0.3, -0.25) is 4.98 Å². The third kappa shape index (κ3) is 3.59. The summed E-state index contributed by atoms with van der Waals surface area (Å²) in [5.41, 5.74) is 0.885. The molecule has 0 N–H and O–H groups in total. The normalized spacial score (nSPS) is 25.5. The average Bonchev–Trinajstić information content (AvgIpc) is 2.93. The number of nitrogens with zero attached hydrogens (tertiary/aromatic N) is 3. The number of hydrogen-bond acceptors (Lipinski definition) is 5. The van der Waals surface area contributed by atoms with Crippen LogP contribution in [0.5, 0.6) is 5.75 Å². The summed E-state index contributed by atoms with van der Waals surface area (Å²) in [6.45, 7) is 5.20. The summed E-state index contributed by atoms with van der Waals surface area (Å²) in [6.07, 6.45) is 4.85. The maximum Gasteiger partial charge on any atom is 0.247 e. The molecule has 27 heavy (non-hydrogen) atoms. The molecule has 1 fully saturated rings. The van der Waals surface area contributed by atoms with Crippen LogP contribution in [0.3, 0.4) is 0 Å². The van der Waals surface area contributed by atoms with E-state index in [0.29, 0.717) is 12.3 Å². The van der Waals surface area contributed by atoms with Gasteiger partial charge >= 0.3 is 0 Å². The van der Waals surface area contributed by atoms with Gasteiger partial charge in [0.15, 0.2) is 0 Å². The van der Waals surface area contributed by atoms with Crippen molar-refractivity contribution < 1.29 is 13.2 Å². The zero-order valence-electron chi connectivity index (χ0n) is 15.5. The first-order chi connectivity index (χ1) is 13.1. The molecule has 0 bridgehead atoms. The van der Waals surface area contributed by atoms with Crippen molar-refractivity contribution in [2.24, 2.45) is 0 Å². The zero-order valence-corrected chi connectivity index (χ0v) is 16.3. The molecule has 3 heterocycles. The number of sulfonamides is 1. The number of fused-ring (bicyclic) bond motifs is 2. The van der Waals surface area contributed by atoms with Gasteiger partial charge in [0.25, 0.3) is 0 Å². The number of likely N-dealkylation sites (tertiary alicyclic amines) is 1. The molecule has 0 radical (unpaired) electrons. The Morgan fingerprint density at radius 3 is 2.74 bits per heavy atom. The summed E-state index contributed by atoms with van der Waals surface area (Å²) in [4.78, 5) is 6.77. The van der Waals surface area contributed by atoms with Gasteiger partial charge in [-0.25, -0.2) is 8.42 Å². The number of ether oxygens (including phenoxy) is 1. The highest BCUT2D eigenvalue weighted by Gasteiger charge is 2.43. The quantitative estimate of drug-likeness (QED) is 0.810. The van der Waals surface area contributed by atoms with Crippen LogP contribution in [0.25, 0.3) is 0 Å². The minimum absolute atomic E-state index is 0.156. The van der Waals surface area contributed by atoms with Gasteiger partial charge in [-0.05, 0) is 49.7 Å². The van der Waals surface area contributed by atoms with E-state index in [9.17, 15) is 8.42 Å². The van der Waals surface area contributed by atoms with E-state index in [0.717, 1.165) is 38.0 Å². The van der Waals surface area contributed by atoms with E-state index in [4.69, 9.17) is 4.74 Å². The second-order valence-electron chi connectivity index (χ2n) is 7.09. The largest absolute Gasteiger partial charge is 0.487 e. The van der Waals surface area contributed by atoms with E-state index in [1.54, 1.807) is 34.9 Å². The van der Waals surface area contributed by atoms with Crippen molar-refractivity contribution in [2.45, 2.75) is 43.4 Å². The molecular weight excluding hydrogens is 362 g/mol. The summed E-state index contributed by atoms with van der Waals surface area (Å²) >= 11 is 0. The van der Waals surface area contributed by atoms with Gasteiger partial charge in [0.2, 0.25) is 10.0 Å². The molecule has 1 aromatic heterocycles. The molecule has 2 aromatic rings. The molecule has 2 aliphatic rings. The lowest BCUT2D eigenvalue weighted by Crippen LogP contribution is -2.46. The highest BCUT2D eigenvalue weighted by Crippen LogP contribution is 2.37. The average molecular weight is 388 g/mol. The third-order valence-electron chi connectivity index (χ3n) is 5.49. The molecule has 144 valence electrons. The Bertz CT molecular complexity index is 888. The first-order valence-electron chi connectivity index (χ1n) is 9.48. The molecule has 1 aromatic carbocycles. The van der Waals surface area contributed by atoms with E-state index in [1.807, 2.05) is 18.2 Å². The fourth-order valence-corrected chi connectivity index (χ4v) is 5.79. The van der Waals surface area contributed by atoms with Crippen LogP contribution in [0.15, 0.2) is 53.7 Å². The van der Waals surface area contributed by atoms with Crippen LogP contribution in [0.2, 0.25) is 0 Å². The molecule has 2 atom stereocenters. The number of benzene rings is 1. The predicted molar refractivity (Wildman–Crippen MR) is 103 cm³/mol. The number of hydrogen-bond donors (Lipinski definition) is 0. The van der Waals surface area contributed by atoms with Gasteiger partial charge < -0.3 is 9.64 Å². The summed E-state index contributed by atoms with van der Waals surface area (Å²) < 4.78 is 35.0. The van der Waals surface area contributed by atoms with E-state index in [1.165, 1.54) is 0 Å². The molecule has 0 aliphatic carbocycles. The van der Waals surface area contributed by atoms with Crippen molar-refractivity contribution in [1.29, 1.82) is 0 Å². The maximum atomic E-state index is 13.6. The number of pyridine rings is 1. The number of para-hydroxylation sites is 1. The van der Waals surface area contributed by atoms with E-state index >= 15 is 0 Å². The third-order valence-corrected chi connectivity index (χ3v) is 7.40. The Balaban J connectivity index is 1.78. The van der Waals surface area contributed by atoms with Crippen molar-refractivity contribution in [2.75, 3.05) is 19.6 Å². The van der Waals surface area contributed by atoms with Crippen LogP contribution in [0.1, 0.15) is 25.3 Å². The lowest BCUT2D eigenvalue weighted by molar-refractivity contribution is 0.110. The molecule has 0 unspecified atom stereocenters. The summed E-state index contributed by atoms with van der Waals surface area (Å²) in [5, 5.41) is 0. The second-order valence-corrected chi connectivity index (χ2v) is 8.95. The Morgan fingerprint density at radius 2 is 1.96 bits per heavy atom. The highest BCUT2D eigenvalue weighted by molar-refractivity contribution is 7.89. The lowest BCUT2D eigenvalue weighted by Gasteiger charge is -2.31. The van der Waals surface area contributed by atoms with Crippen molar-refractivity contribution in [1.82, 2.24) is 14.2 Å². The zero-order chi connectivity index (χ0) is 18.9. The van der Waals surface area contributed by atoms with Crippen LogP contribution >= 0.6 is 0 Å². The van der Waals surface area contributed by atoms with Crippen LogP contribution in [0, 0.1) is 0 Å². The van der Waals surface area contributed by atoms with Gasteiger partial charge in [-0.2, -0.15) is 4.31 Å². The Kier molecular flexibility index (Phi) is 5.16. The van der Waals surface area contributed by atoms with E-state index < -0.39 is 10.0 Å². The summed E-state index contributed by atoms with van der Waals surface area (Å²) in [6, 6.07) is 10.6. The summed E-state index contributed by atoms with van der Waals surface area (Å²) in [5.74, 6) is 0.464. The summed E-state index contributed by atoms with van der Waals surface area (Å²) in [7, 11) is -3.67. The SMILES string of the molecule is CCN1CC[C@@H]2[C@@H](CC1)Oc1ccccc1S(=O)(=O)N2Cc1cccnc1. The smallest absolute Gasteiger partial charge is 0.247 e. The maximum absolute atomic E-state index is 13.6. The Labute approximate surface area is 160 Å². The lowest BCUT2D eigenvalue weighted by atomic mass is 10.1. The molecule has 2 aliphatic heterocycles. The Hall–Kier alpha value is -1.96. The fourth-order valence-electron chi connectivity index (χ4n) is 4.00. The number of rotatable bonds is 3. The number of aromatic nitrogens is 1. The van der Waals surface area contributed by atoms with Gasteiger partial charge in [-0.1, -0.05) is 25.1 Å². The van der Waals surface area contributed by atoms with Gasteiger partial charge in [-0.15, -0.1) is 0 Å². The molecule has 0 spiro atoms. The topological polar surface area (TPSA) is 62.7 Å². The first-order valence-corrected chi connectivity index (χ1v) is 10.9. The molecule has 0 saturated carbocycles.